The molecule has 0 atom stereocenters. The summed E-state index contributed by atoms with van der Waals surface area (Å²) in [5.74, 6) is 0.690. The van der Waals surface area contributed by atoms with Crippen LogP contribution in [0.15, 0.2) is 18.3 Å². The van der Waals surface area contributed by atoms with E-state index in [9.17, 15) is 0 Å². The lowest BCUT2D eigenvalue weighted by molar-refractivity contribution is 0.397. The summed E-state index contributed by atoms with van der Waals surface area (Å²) in [7, 11) is 1.65. The molecule has 3 heteroatoms. The molecule has 1 aromatic rings. The van der Waals surface area contributed by atoms with Crippen LogP contribution in [0.25, 0.3) is 0 Å². The van der Waals surface area contributed by atoms with Crippen LogP contribution in [-0.2, 0) is 6.54 Å². The van der Waals surface area contributed by atoms with Gasteiger partial charge in [-0.05, 0) is 24.6 Å². The van der Waals surface area contributed by atoms with Gasteiger partial charge >= 0.3 is 0 Å². The molecular weight excluding hydrogens is 236 g/mol. The van der Waals surface area contributed by atoms with Crippen LogP contribution in [0.4, 0.5) is 0 Å². The van der Waals surface area contributed by atoms with Crippen LogP contribution in [0.1, 0.15) is 57.4 Å². The highest BCUT2D eigenvalue weighted by molar-refractivity contribution is 5.20. The van der Waals surface area contributed by atoms with E-state index in [-0.39, 0.29) is 0 Å². The third kappa shape index (κ3) is 7.83. The summed E-state index contributed by atoms with van der Waals surface area (Å²) < 4.78 is 5.11. The smallest absolute Gasteiger partial charge is 0.213 e. The van der Waals surface area contributed by atoms with Gasteiger partial charge in [0.1, 0.15) is 0 Å². The van der Waals surface area contributed by atoms with Gasteiger partial charge in [0.05, 0.1) is 7.11 Å². The maximum Gasteiger partial charge on any atom is 0.213 e. The number of aromatic nitrogens is 1. The highest BCUT2D eigenvalue weighted by atomic mass is 16.5. The lowest BCUT2D eigenvalue weighted by atomic mass is 10.1. The Bertz CT molecular complexity index is 328. The summed E-state index contributed by atoms with van der Waals surface area (Å²) in [6.45, 7) is 4.26. The van der Waals surface area contributed by atoms with Crippen molar-refractivity contribution >= 4 is 0 Å². The Morgan fingerprint density at radius 2 is 1.84 bits per heavy atom. The number of nitrogens with one attached hydrogen (secondary N) is 1. The van der Waals surface area contributed by atoms with Crippen molar-refractivity contribution in [3.8, 4) is 5.88 Å². The van der Waals surface area contributed by atoms with Gasteiger partial charge in [-0.3, -0.25) is 0 Å². The first-order valence-electron chi connectivity index (χ1n) is 7.56. The second kappa shape index (κ2) is 10.8. The summed E-state index contributed by atoms with van der Waals surface area (Å²) in [4.78, 5) is 4.10. The van der Waals surface area contributed by atoms with Gasteiger partial charge in [0.2, 0.25) is 5.88 Å². The molecule has 0 aliphatic heterocycles. The molecule has 0 radical (unpaired) electrons. The van der Waals surface area contributed by atoms with Crippen molar-refractivity contribution in [3.05, 3.63) is 23.9 Å². The molecule has 108 valence electrons. The fraction of sp³-hybridized carbons (Fsp3) is 0.688. The van der Waals surface area contributed by atoms with Crippen LogP contribution in [0.3, 0.4) is 0 Å². The molecule has 0 fully saturated rings. The standard InChI is InChI=1S/C16H28N2O/c1-3-4-5-6-7-8-9-11-17-14-15-10-12-18-16(13-15)19-2/h10,12-13,17H,3-9,11,14H2,1-2H3. The second-order valence-corrected chi connectivity index (χ2v) is 5.00. The SMILES string of the molecule is CCCCCCCCCNCc1ccnc(OC)c1. The molecule has 0 aromatic carbocycles. The van der Waals surface area contributed by atoms with E-state index in [1.807, 2.05) is 12.1 Å². The third-order valence-corrected chi connectivity index (χ3v) is 3.29. The molecule has 3 nitrogen and oxygen atoms in total. The zero-order valence-corrected chi connectivity index (χ0v) is 12.5. The normalized spacial score (nSPS) is 10.6. The van der Waals surface area contributed by atoms with Gasteiger partial charge in [-0.2, -0.15) is 0 Å². The number of unbranched alkanes of at least 4 members (excludes halogenated alkanes) is 6. The van der Waals surface area contributed by atoms with E-state index in [2.05, 4.69) is 17.2 Å². The number of hydrogen-bond acceptors (Lipinski definition) is 3. The molecule has 0 bridgehead atoms. The van der Waals surface area contributed by atoms with E-state index in [0.717, 1.165) is 13.1 Å². The molecule has 1 heterocycles. The van der Waals surface area contributed by atoms with Crippen LogP contribution < -0.4 is 10.1 Å². The van der Waals surface area contributed by atoms with Gasteiger partial charge in [0.25, 0.3) is 0 Å². The van der Waals surface area contributed by atoms with Crippen molar-refractivity contribution in [1.29, 1.82) is 0 Å². The van der Waals surface area contributed by atoms with Crippen LogP contribution in [0, 0.1) is 0 Å². The Balaban J connectivity index is 1.98. The quantitative estimate of drug-likeness (QED) is 0.615. The number of ether oxygens (including phenoxy) is 1. The molecule has 1 aromatic heterocycles. The van der Waals surface area contributed by atoms with Crippen LogP contribution >= 0.6 is 0 Å². The predicted octanol–water partition coefficient (Wildman–Crippen LogP) is 3.93. The molecule has 0 saturated carbocycles. The zero-order valence-electron chi connectivity index (χ0n) is 12.5. The molecule has 1 rings (SSSR count). The molecule has 0 unspecified atom stereocenters. The maximum atomic E-state index is 5.11. The Labute approximate surface area is 117 Å². The van der Waals surface area contributed by atoms with Crippen molar-refractivity contribution in [2.24, 2.45) is 0 Å². The van der Waals surface area contributed by atoms with Gasteiger partial charge in [-0.1, -0.05) is 45.4 Å². The van der Waals surface area contributed by atoms with Crippen molar-refractivity contribution in [1.82, 2.24) is 10.3 Å². The second-order valence-electron chi connectivity index (χ2n) is 5.00. The average Bonchev–Trinajstić information content (AvgIpc) is 2.46. The number of nitrogens with zero attached hydrogens (tertiary/aromatic N) is 1. The maximum absolute atomic E-state index is 5.11. The molecule has 0 saturated heterocycles. The molecule has 0 aliphatic carbocycles. The first-order valence-corrected chi connectivity index (χ1v) is 7.56. The summed E-state index contributed by atoms with van der Waals surface area (Å²) in [6, 6.07) is 4.01. The third-order valence-electron chi connectivity index (χ3n) is 3.29. The van der Waals surface area contributed by atoms with E-state index < -0.39 is 0 Å². The van der Waals surface area contributed by atoms with Crippen molar-refractivity contribution < 1.29 is 4.74 Å². The topological polar surface area (TPSA) is 34.2 Å². The Kier molecular flexibility index (Phi) is 9.07. The number of pyridine rings is 1. The van der Waals surface area contributed by atoms with Crippen LogP contribution in [0.5, 0.6) is 5.88 Å². The van der Waals surface area contributed by atoms with Gasteiger partial charge in [-0.25, -0.2) is 4.98 Å². The molecule has 19 heavy (non-hydrogen) atoms. The predicted molar refractivity (Wildman–Crippen MR) is 80.5 cm³/mol. The number of rotatable bonds is 11. The van der Waals surface area contributed by atoms with Crippen LogP contribution in [-0.4, -0.2) is 18.6 Å². The van der Waals surface area contributed by atoms with E-state index >= 15 is 0 Å². The van der Waals surface area contributed by atoms with Gasteiger partial charge in [0.15, 0.2) is 0 Å². The van der Waals surface area contributed by atoms with Crippen molar-refractivity contribution in [2.75, 3.05) is 13.7 Å². The summed E-state index contributed by atoms with van der Waals surface area (Å²) in [6.07, 6.45) is 11.3. The number of methoxy groups -OCH3 is 1. The Morgan fingerprint density at radius 3 is 2.58 bits per heavy atom. The lowest BCUT2D eigenvalue weighted by Gasteiger charge is -2.06. The molecule has 0 aliphatic rings. The molecule has 0 spiro atoms. The van der Waals surface area contributed by atoms with E-state index in [0.29, 0.717) is 5.88 Å². The van der Waals surface area contributed by atoms with Crippen LogP contribution in [0.2, 0.25) is 0 Å². The van der Waals surface area contributed by atoms with Crippen molar-refractivity contribution in [2.45, 2.75) is 58.4 Å². The first-order chi connectivity index (χ1) is 9.36. The highest BCUT2D eigenvalue weighted by Gasteiger charge is 1.96. The van der Waals surface area contributed by atoms with E-state index in [4.69, 9.17) is 4.74 Å². The largest absolute Gasteiger partial charge is 0.481 e. The summed E-state index contributed by atoms with van der Waals surface area (Å²) >= 11 is 0. The van der Waals surface area contributed by atoms with E-state index in [1.165, 1.54) is 50.5 Å². The van der Waals surface area contributed by atoms with Gasteiger partial charge in [0, 0.05) is 18.8 Å². The monoisotopic (exact) mass is 264 g/mol. The van der Waals surface area contributed by atoms with E-state index in [1.54, 1.807) is 13.3 Å². The lowest BCUT2D eigenvalue weighted by Crippen LogP contribution is -2.14. The average molecular weight is 264 g/mol. The summed E-state index contributed by atoms with van der Waals surface area (Å²) in [5, 5.41) is 3.47. The summed E-state index contributed by atoms with van der Waals surface area (Å²) in [5.41, 5.74) is 1.23. The minimum absolute atomic E-state index is 0.690. The molecular formula is C16H28N2O. The fourth-order valence-electron chi connectivity index (χ4n) is 2.11. The Hall–Kier alpha value is -1.09. The van der Waals surface area contributed by atoms with Gasteiger partial charge < -0.3 is 10.1 Å². The molecule has 1 N–H and O–H groups in total. The van der Waals surface area contributed by atoms with Gasteiger partial charge in [-0.15, -0.1) is 0 Å². The Morgan fingerprint density at radius 1 is 1.11 bits per heavy atom. The fourth-order valence-corrected chi connectivity index (χ4v) is 2.11. The minimum Gasteiger partial charge on any atom is -0.481 e. The number of hydrogen-bond donors (Lipinski definition) is 1. The molecule has 0 amide bonds. The highest BCUT2D eigenvalue weighted by Crippen LogP contribution is 2.09. The minimum atomic E-state index is 0.690. The van der Waals surface area contributed by atoms with Crippen molar-refractivity contribution in [3.63, 3.8) is 0 Å². The first kappa shape index (κ1) is 16.0. The zero-order chi connectivity index (χ0) is 13.8.